The molecule has 25 heavy (non-hydrogen) atoms. The van der Waals surface area contributed by atoms with Crippen LogP contribution in [0.15, 0.2) is 22.7 Å². The summed E-state index contributed by atoms with van der Waals surface area (Å²) in [5.41, 5.74) is 0.668. The normalized spacial score (nSPS) is 32.3. The van der Waals surface area contributed by atoms with E-state index in [4.69, 9.17) is 17.0 Å². The first-order valence-electron chi connectivity index (χ1n) is 8.93. The Kier molecular flexibility index (Phi) is 4.52. The molecule has 0 aromatic heterocycles. The second-order valence-electron chi connectivity index (χ2n) is 7.96. The fraction of sp³-hybridized carbons (Fsp3) is 0.579. The number of carbonyl (C=O) groups excluding carboxylic acids is 1. The summed E-state index contributed by atoms with van der Waals surface area (Å²) in [6.45, 7) is 0. The van der Waals surface area contributed by atoms with Gasteiger partial charge in [0.2, 0.25) is 0 Å². The Morgan fingerprint density at radius 2 is 1.80 bits per heavy atom. The zero-order valence-corrected chi connectivity index (χ0v) is 16.7. The molecule has 5 rings (SSSR count). The number of nitrogens with one attached hydrogen (secondary N) is 2. The third-order valence-electron chi connectivity index (χ3n) is 6.06. The van der Waals surface area contributed by atoms with E-state index in [-0.39, 0.29) is 11.4 Å². The lowest BCUT2D eigenvalue weighted by Gasteiger charge is -2.57. The molecule has 0 spiro atoms. The lowest BCUT2D eigenvalue weighted by Crippen LogP contribution is -2.61. The Hall–Kier alpha value is -1.14. The van der Waals surface area contributed by atoms with Crippen molar-refractivity contribution in [2.45, 2.75) is 44.1 Å². The zero-order valence-electron chi connectivity index (χ0n) is 14.3. The van der Waals surface area contributed by atoms with E-state index in [1.165, 1.54) is 38.5 Å². The number of amides is 1. The zero-order chi connectivity index (χ0) is 17.6. The first kappa shape index (κ1) is 17.3. The molecule has 1 amide bonds. The molecule has 0 atom stereocenters. The second kappa shape index (κ2) is 6.54. The van der Waals surface area contributed by atoms with Crippen LogP contribution in [0.4, 0.5) is 0 Å². The Morgan fingerprint density at radius 1 is 1.20 bits per heavy atom. The number of hydrogen-bond donors (Lipinski definition) is 2. The largest absolute Gasteiger partial charge is 0.496 e. The highest BCUT2D eigenvalue weighted by atomic mass is 79.9. The number of thiocarbonyl (C=S) groups is 1. The van der Waals surface area contributed by atoms with E-state index in [0.717, 1.165) is 22.2 Å². The molecule has 4 aliphatic rings. The second-order valence-corrected chi connectivity index (χ2v) is 9.22. The molecule has 0 heterocycles. The van der Waals surface area contributed by atoms with Crippen LogP contribution in [-0.4, -0.2) is 23.7 Å². The average Bonchev–Trinajstić information content (AvgIpc) is 2.52. The molecule has 1 aromatic rings. The Bertz CT molecular complexity index is 686. The molecule has 0 saturated heterocycles. The molecule has 4 aliphatic carbocycles. The summed E-state index contributed by atoms with van der Waals surface area (Å²) < 4.78 is 5.96. The summed E-state index contributed by atoms with van der Waals surface area (Å²) in [6.07, 6.45) is 7.76. The molecule has 4 bridgehead atoms. The quantitative estimate of drug-likeness (QED) is 0.721. The van der Waals surface area contributed by atoms with Crippen molar-refractivity contribution in [2.75, 3.05) is 7.11 Å². The maximum absolute atomic E-state index is 12.5. The molecule has 4 fully saturated rings. The lowest BCUT2D eigenvalue weighted by atomic mass is 9.53. The number of halogens is 1. The van der Waals surface area contributed by atoms with Crippen LogP contribution >= 0.6 is 28.1 Å². The molecular weight excluding hydrogens is 400 g/mol. The van der Waals surface area contributed by atoms with Gasteiger partial charge in [-0.1, -0.05) is 0 Å². The highest BCUT2D eigenvalue weighted by Crippen LogP contribution is 2.55. The summed E-state index contributed by atoms with van der Waals surface area (Å²) in [5.74, 6) is 3.04. The number of hydrogen-bond acceptors (Lipinski definition) is 3. The minimum Gasteiger partial charge on any atom is -0.496 e. The molecule has 4 saturated carbocycles. The van der Waals surface area contributed by atoms with Crippen molar-refractivity contribution >= 4 is 39.2 Å². The van der Waals surface area contributed by atoms with Crippen LogP contribution in [0.2, 0.25) is 0 Å². The number of ether oxygens (including phenoxy) is 1. The topological polar surface area (TPSA) is 50.4 Å². The Labute approximate surface area is 162 Å². The van der Waals surface area contributed by atoms with E-state index in [9.17, 15) is 4.79 Å². The van der Waals surface area contributed by atoms with Crippen LogP contribution in [0.1, 0.15) is 48.9 Å². The van der Waals surface area contributed by atoms with Crippen molar-refractivity contribution < 1.29 is 9.53 Å². The van der Waals surface area contributed by atoms with Gasteiger partial charge in [-0.3, -0.25) is 10.1 Å². The van der Waals surface area contributed by atoms with Crippen LogP contribution in [0.5, 0.6) is 5.75 Å². The van der Waals surface area contributed by atoms with E-state index in [1.54, 1.807) is 25.3 Å². The Balaban J connectivity index is 1.40. The number of carbonyl (C=O) groups is 1. The van der Waals surface area contributed by atoms with Gasteiger partial charge in [0.25, 0.3) is 5.91 Å². The van der Waals surface area contributed by atoms with Gasteiger partial charge in [0.1, 0.15) is 5.75 Å². The molecule has 2 N–H and O–H groups in total. The van der Waals surface area contributed by atoms with Crippen LogP contribution < -0.4 is 15.4 Å². The molecule has 0 unspecified atom stereocenters. The van der Waals surface area contributed by atoms with Crippen molar-refractivity contribution in [3.05, 3.63) is 28.2 Å². The highest BCUT2D eigenvalue weighted by Gasteiger charge is 2.51. The van der Waals surface area contributed by atoms with Crippen LogP contribution in [-0.2, 0) is 0 Å². The summed E-state index contributed by atoms with van der Waals surface area (Å²) in [6, 6.07) is 5.27. The van der Waals surface area contributed by atoms with Crippen LogP contribution in [0.25, 0.3) is 0 Å². The van der Waals surface area contributed by atoms with Crippen molar-refractivity contribution in [3.8, 4) is 5.75 Å². The predicted octanol–water partition coefficient (Wildman–Crippen LogP) is 4.03. The smallest absolute Gasteiger partial charge is 0.257 e. The van der Waals surface area contributed by atoms with Crippen molar-refractivity contribution in [2.24, 2.45) is 17.8 Å². The van der Waals surface area contributed by atoms with Gasteiger partial charge in [0.05, 0.1) is 11.6 Å². The van der Waals surface area contributed by atoms with Crippen LogP contribution in [0, 0.1) is 17.8 Å². The molecule has 1 aromatic carbocycles. The minimum absolute atomic E-state index is 0.111. The molecule has 6 heteroatoms. The third-order valence-corrected chi connectivity index (χ3v) is 6.88. The van der Waals surface area contributed by atoms with Crippen molar-refractivity contribution in [1.82, 2.24) is 10.6 Å². The monoisotopic (exact) mass is 422 g/mol. The number of benzene rings is 1. The highest BCUT2D eigenvalue weighted by molar-refractivity contribution is 9.10. The van der Waals surface area contributed by atoms with E-state index in [0.29, 0.717) is 16.4 Å². The van der Waals surface area contributed by atoms with Gasteiger partial charge < -0.3 is 10.1 Å². The van der Waals surface area contributed by atoms with Gasteiger partial charge in [-0.2, -0.15) is 0 Å². The Morgan fingerprint density at radius 3 is 2.32 bits per heavy atom. The molecular formula is C19H23BrN2O2S. The maximum atomic E-state index is 12.5. The molecule has 134 valence electrons. The standard InChI is InChI=1S/C19H23BrN2O2S/c1-24-16-3-2-14(7-15(16)20)17(23)21-18(25)22-19-8-11-4-12(9-19)6-13(5-11)10-19/h2-3,7,11-13H,4-6,8-10H2,1H3,(H2,21,22,23,25). The molecule has 0 aliphatic heterocycles. The van der Waals surface area contributed by atoms with E-state index >= 15 is 0 Å². The minimum atomic E-state index is -0.189. The number of rotatable bonds is 3. The maximum Gasteiger partial charge on any atom is 0.257 e. The van der Waals surface area contributed by atoms with Crippen molar-refractivity contribution in [1.29, 1.82) is 0 Å². The summed E-state index contributed by atoms with van der Waals surface area (Å²) in [7, 11) is 1.60. The summed E-state index contributed by atoms with van der Waals surface area (Å²) in [4.78, 5) is 12.5. The first-order valence-corrected chi connectivity index (χ1v) is 10.1. The van der Waals surface area contributed by atoms with Gasteiger partial charge >= 0.3 is 0 Å². The van der Waals surface area contributed by atoms with E-state index in [1.807, 2.05) is 0 Å². The molecule has 0 radical (unpaired) electrons. The van der Waals surface area contributed by atoms with Gasteiger partial charge in [0, 0.05) is 11.1 Å². The summed E-state index contributed by atoms with van der Waals surface area (Å²) >= 11 is 8.88. The van der Waals surface area contributed by atoms with Gasteiger partial charge in [-0.05, 0) is 103 Å². The molecule has 4 nitrogen and oxygen atoms in total. The SMILES string of the molecule is COc1ccc(C(=O)NC(=S)NC23CC4CC(CC(C4)C2)C3)cc1Br. The van der Waals surface area contributed by atoms with Gasteiger partial charge in [0.15, 0.2) is 5.11 Å². The lowest BCUT2D eigenvalue weighted by molar-refractivity contribution is -0.0101. The van der Waals surface area contributed by atoms with Crippen LogP contribution in [0.3, 0.4) is 0 Å². The van der Waals surface area contributed by atoms with Crippen molar-refractivity contribution in [3.63, 3.8) is 0 Å². The fourth-order valence-electron chi connectivity index (χ4n) is 5.52. The predicted molar refractivity (Wildman–Crippen MR) is 105 cm³/mol. The number of methoxy groups -OCH3 is 1. The van der Waals surface area contributed by atoms with Gasteiger partial charge in [-0.25, -0.2) is 0 Å². The van der Waals surface area contributed by atoms with Gasteiger partial charge in [-0.15, -0.1) is 0 Å². The summed E-state index contributed by atoms with van der Waals surface area (Å²) in [5, 5.41) is 6.84. The fourth-order valence-corrected chi connectivity index (χ4v) is 6.37. The van der Waals surface area contributed by atoms with E-state index < -0.39 is 0 Å². The third kappa shape index (κ3) is 3.43. The van der Waals surface area contributed by atoms with E-state index in [2.05, 4.69) is 26.6 Å². The first-order chi connectivity index (χ1) is 12.0. The average molecular weight is 423 g/mol.